The van der Waals surface area contributed by atoms with Crippen LogP contribution in [-0.4, -0.2) is 40.4 Å². The van der Waals surface area contributed by atoms with Crippen LogP contribution in [0.25, 0.3) is 0 Å². The molecule has 0 spiro atoms. The molecule has 5 heteroatoms. The summed E-state index contributed by atoms with van der Waals surface area (Å²) in [7, 11) is -3.88. The fourth-order valence-electron chi connectivity index (χ4n) is 3.79. The maximum atomic E-state index is 9.58. The van der Waals surface area contributed by atoms with E-state index in [9.17, 15) is 4.57 Å². The largest absolute Gasteiger partial charge is 0.348 e. The van der Waals surface area contributed by atoms with Crippen LogP contribution >= 0.6 is 7.60 Å². The molecule has 176 valence electrons. The molecule has 0 saturated heterocycles. The van der Waals surface area contributed by atoms with Gasteiger partial charge in [-0.3, -0.25) is 4.57 Å². The van der Waals surface area contributed by atoms with Crippen LogP contribution in [0.1, 0.15) is 118 Å². The van der Waals surface area contributed by atoms with Crippen molar-refractivity contribution in [3.63, 3.8) is 0 Å². The van der Waals surface area contributed by atoms with Crippen LogP contribution < -0.4 is 0 Å². The molecule has 0 aliphatic rings. The van der Waals surface area contributed by atoms with E-state index in [4.69, 9.17) is 9.79 Å². The van der Waals surface area contributed by atoms with E-state index in [2.05, 4.69) is 34.3 Å². The van der Waals surface area contributed by atoms with Gasteiger partial charge in [-0.05, 0) is 33.6 Å². The number of unbranched alkanes of at least 4 members (excludes halogenated alkanes) is 13. The Morgan fingerprint density at radius 2 is 0.931 bits per heavy atom. The van der Waals surface area contributed by atoms with Gasteiger partial charge in [0.05, 0.1) is 26.2 Å². The third-order valence-corrected chi connectivity index (χ3v) is 6.71. The van der Waals surface area contributed by atoms with Gasteiger partial charge in [-0.1, -0.05) is 90.6 Å². The first kappa shape index (κ1) is 31.0. The summed E-state index contributed by atoms with van der Waals surface area (Å²) in [5.41, 5.74) is 0. The molecule has 0 amide bonds. The average molecular weight is 435 g/mol. The highest BCUT2D eigenvalue weighted by Crippen LogP contribution is 2.34. The molecule has 2 N–H and O–H groups in total. The van der Waals surface area contributed by atoms with E-state index >= 15 is 0 Å². The molecule has 4 nitrogen and oxygen atoms in total. The fraction of sp³-hybridized carbons (Fsp3) is 0.917. The molecule has 0 aliphatic heterocycles. The molecule has 0 aliphatic carbocycles. The lowest BCUT2D eigenvalue weighted by Gasteiger charge is -2.35. The summed E-state index contributed by atoms with van der Waals surface area (Å²) in [5, 5.41) is 0. The average Bonchev–Trinajstić information content (AvgIpc) is 2.71. The Morgan fingerprint density at radius 3 is 1.17 bits per heavy atom. The molecule has 0 saturated carbocycles. The van der Waals surface area contributed by atoms with E-state index in [0.29, 0.717) is 5.82 Å². The number of quaternary nitrogens is 1. The van der Waals surface area contributed by atoms with E-state index < -0.39 is 7.60 Å². The first-order chi connectivity index (χ1) is 13.8. The SMILES string of the molecule is C=CP(=O)(O)O.CCCCCCCCCCCCCCCC[N+](CC)(CC)CC. The minimum atomic E-state index is -3.88. The summed E-state index contributed by atoms with van der Waals surface area (Å²) in [4.78, 5) is 15.6. The van der Waals surface area contributed by atoms with Crippen LogP contribution in [0.5, 0.6) is 0 Å². The van der Waals surface area contributed by atoms with Crippen LogP contribution in [0, 0.1) is 0 Å². The number of rotatable bonds is 19. The second-order valence-electron chi connectivity index (χ2n) is 8.38. The van der Waals surface area contributed by atoms with E-state index in [0.717, 1.165) is 0 Å². The topological polar surface area (TPSA) is 57.5 Å². The van der Waals surface area contributed by atoms with Crippen LogP contribution in [0.4, 0.5) is 0 Å². The van der Waals surface area contributed by atoms with Crippen molar-refractivity contribution in [2.24, 2.45) is 0 Å². The Bertz CT molecular complexity index is 383. The summed E-state index contributed by atoms with van der Waals surface area (Å²) >= 11 is 0. The minimum Gasteiger partial charge on any atom is -0.324 e. The Kier molecular flexibility index (Phi) is 22.6. The van der Waals surface area contributed by atoms with Crippen molar-refractivity contribution in [3.8, 4) is 0 Å². The maximum Gasteiger partial charge on any atom is 0.348 e. The highest BCUT2D eigenvalue weighted by molar-refractivity contribution is 7.55. The number of hydrogen-bond acceptors (Lipinski definition) is 1. The van der Waals surface area contributed by atoms with Gasteiger partial charge in [-0.2, -0.15) is 0 Å². The number of nitrogens with zero attached hydrogens (tertiary/aromatic N) is 1. The summed E-state index contributed by atoms with van der Waals surface area (Å²) in [5.74, 6) is 0.604. The summed E-state index contributed by atoms with van der Waals surface area (Å²) < 4.78 is 10.9. The Balaban J connectivity index is 0. The van der Waals surface area contributed by atoms with Crippen molar-refractivity contribution in [3.05, 3.63) is 12.4 Å². The van der Waals surface area contributed by atoms with Gasteiger partial charge in [0.15, 0.2) is 0 Å². The van der Waals surface area contributed by atoms with Gasteiger partial charge >= 0.3 is 7.60 Å². The molecule has 0 unspecified atom stereocenters. The first-order valence-corrected chi connectivity index (χ1v) is 14.0. The predicted octanol–water partition coefficient (Wildman–Crippen LogP) is 7.65. The third kappa shape index (κ3) is 22.4. The zero-order valence-corrected chi connectivity index (χ0v) is 21.1. The quantitative estimate of drug-likeness (QED) is 0.125. The molecule has 0 aromatic rings. The first-order valence-electron chi connectivity index (χ1n) is 12.3. The van der Waals surface area contributed by atoms with Gasteiger partial charge in [-0.25, -0.2) is 0 Å². The standard InChI is InChI=1S/C22H48N.C2H5O3P/c1-5-9-10-11-12-13-14-15-16-17-18-19-20-21-22-23(6-2,7-3)8-4;1-2-6(3,4)5/h5-22H2,1-4H3;2H,1H2,(H2,3,4,5)/q+1;. The van der Waals surface area contributed by atoms with E-state index in [-0.39, 0.29) is 0 Å². The molecule has 0 aromatic carbocycles. The van der Waals surface area contributed by atoms with Crippen molar-refractivity contribution in [1.82, 2.24) is 0 Å². The minimum absolute atomic E-state index is 0.604. The van der Waals surface area contributed by atoms with Gasteiger partial charge in [-0.15, -0.1) is 0 Å². The molecule has 0 radical (unpaired) electrons. The van der Waals surface area contributed by atoms with Gasteiger partial charge < -0.3 is 14.3 Å². The highest BCUT2D eigenvalue weighted by Gasteiger charge is 2.19. The van der Waals surface area contributed by atoms with Gasteiger partial charge in [0.2, 0.25) is 0 Å². The molecule has 0 rings (SSSR count). The fourth-order valence-corrected chi connectivity index (χ4v) is 3.79. The summed E-state index contributed by atoms with van der Waals surface area (Å²) in [6, 6.07) is 0. The molecule has 29 heavy (non-hydrogen) atoms. The molecule has 0 heterocycles. The molecular weight excluding hydrogens is 381 g/mol. The Hall–Kier alpha value is -0.150. The molecule has 0 bridgehead atoms. The van der Waals surface area contributed by atoms with Crippen molar-refractivity contribution in [2.45, 2.75) is 118 Å². The van der Waals surface area contributed by atoms with E-state index in [1.807, 2.05) is 0 Å². The maximum absolute atomic E-state index is 9.58. The lowest BCUT2D eigenvalue weighted by molar-refractivity contribution is -0.923. The van der Waals surface area contributed by atoms with Crippen LogP contribution in [0.15, 0.2) is 12.4 Å². The highest BCUT2D eigenvalue weighted by atomic mass is 31.2. The van der Waals surface area contributed by atoms with Crippen molar-refractivity contribution < 1.29 is 18.8 Å². The van der Waals surface area contributed by atoms with E-state index in [1.54, 1.807) is 0 Å². The molecule has 0 aromatic heterocycles. The zero-order valence-electron chi connectivity index (χ0n) is 20.2. The van der Waals surface area contributed by atoms with Gasteiger partial charge in [0.25, 0.3) is 0 Å². The summed E-state index contributed by atoms with van der Waals surface area (Å²) in [6.45, 7) is 17.6. The molecule has 0 fully saturated rings. The van der Waals surface area contributed by atoms with Crippen molar-refractivity contribution in [2.75, 3.05) is 26.2 Å². The second-order valence-corrected chi connectivity index (χ2v) is 9.93. The van der Waals surface area contributed by atoms with Gasteiger partial charge in [0.1, 0.15) is 0 Å². The predicted molar refractivity (Wildman–Crippen MR) is 129 cm³/mol. The zero-order chi connectivity index (χ0) is 22.4. The second kappa shape index (κ2) is 21.1. The van der Waals surface area contributed by atoms with Crippen LogP contribution in [-0.2, 0) is 4.57 Å². The van der Waals surface area contributed by atoms with Crippen molar-refractivity contribution >= 4 is 7.60 Å². The van der Waals surface area contributed by atoms with Crippen molar-refractivity contribution in [1.29, 1.82) is 0 Å². The molecular formula is C24H53NO3P+. The Morgan fingerprint density at radius 1 is 0.655 bits per heavy atom. The lowest BCUT2D eigenvalue weighted by Crippen LogP contribution is -2.48. The lowest BCUT2D eigenvalue weighted by atomic mass is 10.0. The molecule has 0 atom stereocenters. The monoisotopic (exact) mass is 434 g/mol. The third-order valence-electron chi connectivity index (χ3n) is 6.24. The van der Waals surface area contributed by atoms with E-state index in [1.165, 1.54) is 121 Å². The number of hydrogen-bond donors (Lipinski definition) is 2. The van der Waals surface area contributed by atoms with Gasteiger partial charge in [0, 0.05) is 5.82 Å². The van der Waals surface area contributed by atoms with Crippen LogP contribution in [0.2, 0.25) is 0 Å². The smallest absolute Gasteiger partial charge is 0.324 e. The Labute approximate surface area is 182 Å². The normalized spacial score (nSPS) is 11.8. The van der Waals surface area contributed by atoms with Crippen LogP contribution in [0.3, 0.4) is 0 Å². The summed E-state index contributed by atoms with van der Waals surface area (Å²) in [6.07, 6.45) is 20.5.